The number of benzene rings is 1. The van der Waals surface area contributed by atoms with Crippen molar-refractivity contribution < 1.29 is 18.7 Å². The maximum atomic E-state index is 12.6. The molecule has 1 atom stereocenters. The van der Waals surface area contributed by atoms with E-state index in [1.165, 1.54) is 0 Å². The Bertz CT molecular complexity index is 694. The minimum absolute atomic E-state index is 0.0485. The molecule has 5 heteroatoms. The number of aryl methyl sites for hydroxylation is 1. The van der Waals surface area contributed by atoms with Gasteiger partial charge in [-0.15, -0.1) is 0 Å². The van der Waals surface area contributed by atoms with E-state index in [1.807, 2.05) is 36.1 Å². The number of carbonyl (C=O) groups is 1. The van der Waals surface area contributed by atoms with Gasteiger partial charge in [0.05, 0.1) is 25.5 Å². The van der Waals surface area contributed by atoms with Crippen LogP contribution >= 0.6 is 0 Å². The van der Waals surface area contributed by atoms with Gasteiger partial charge in [-0.25, -0.2) is 0 Å². The quantitative estimate of drug-likeness (QED) is 0.842. The largest absolute Gasteiger partial charge is 0.497 e. The Kier molecular flexibility index (Phi) is 5.08. The van der Waals surface area contributed by atoms with Gasteiger partial charge >= 0.3 is 0 Å². The summed E-state index contributed by atoms with van der Waals surface area (Å²) in [7, 11) is 1.64. The minimum Gasteiger partial charge on any atom is -0.497 e. The van der Waals surface area contributed by atoms with Crippen molar-refractivity contribution in [2.45, 2.75) is 19.8 Å². The van der Waals surface area contributed by atoms with E-state index in [-0.39, 0.29) is 5.91 Å². The van der Waals surface area contributed by atoms with Crippen LogP contribution in [-0.4, -0.2) is 37.6 Å². The van der Waals surface area contributed by atoms with Crippen molar-refractivity contribution in [1.29, 1.82) is 0 Å². The molecule has 1 saturated heterocycles. The minimum atomic E-state index is 0.0485. The summed E-state index contributed by atoms with van der Waals surface area (Å²) in [5.74, 6) is 2.63. The Labute approximate surface area is 142 Å². The number of methoxy groups -OCH3 is 1. The number of hydrogen-bond acceptors (Lipinski definition) is 4. The highest BCUT2D eigenvalue weighted by Crippen LogP contribution is 2.23. The molecule has 3 rings (SSSR count). The van der Waals surface area contributed by atoms with Crippen LogP contribution in [0.5, 0.6) is 11.5 Å². The molecule has 0 bridgehead atoms. The van der Waals surface area contributed by atoms with E-state index in [0.717, 1.165) is 30.9 Å². The van der Waals surface area contributed by atoms with Crippen molar-refractivity contribution in [3.05, 3.63) is 47.9 Å². The number of piperidine rings is 1. The van der Waals surface area contributed by atoms with Crippen molar-refractivity contribution in [3.63, 3.8) is 0 Å². The first-order valence-corrected chi connectivity index (χ1v) is 8.27. The molecule has 24 heavy (non-hydrogen) atoms. The molecule has 0 unspecified atom stereocenters. The highest BCUT2D eigenvalue weighted by atomic mass is 16.5. The molecule has 128 valence electrons. The first kappa shape index (κ1) is 16.4. The van der Waals surface area contributed by atoms with E-state index in [2.05, 4.69) is 0 Å². The van der Waals surface area contributed by atoms with Gasteiger partial charge in [0.25, 0.3) is 5.91 Å². The van der Waals surface area contributed by atoms with Crippen molar-refractivity contribution in [2.24, 2.45) is 5.92 Å². The van der Waals surface area contributed by atoms with Gasteiger partial charge in [0.2, 0.25) is 0 Å². The molecule has 0 N–H and O–H groups in total. The number of furan rings is 1. The van der Waals surface area contributed by atoms with Crippen LogP contribution in [0.25, 0.3) is 0 Å². The lowest BCUT2D eigenvalue weighted by atomic mass is 9.98. The molecular formula is C19H23NO4. The van der Waals surface area contributed by atoms with Gasteiger partial charge in [0.15, 0.2) is 0 Å². The number of likely N-dealkylation sites (tertiary alicyclic amines) is 1. The number of rotatable bonds is 5. The van der Waals surface area contributed by atoms with Gasteiger partial charge in [-0.05, 0) is 38.0 Å². The van der Waals surface area contributed by atoms with Crippen LogP contribution in [0, 0.1) is 12.8 Å². The van der Waals surface area contributed by atoms with Crippen molar-refractivity contribution >= 4 is 5.91 Å². The summed E-state index contributed by atoms with van der Waals surface area (Å²) in [6.45, 7) is 3.93. The fraction of sp³-hybridized carbons (Fsp3) is 0.421. The fourth-order valence-corrected chi connectivity index (χ4v) is 3.07. The van der Waals surface area contributed by atoms with E-state index in [0.29, 0.717) is 30.4 Å². The molecule has 0 aliphatic carbocycles. The lowest BCUT2D eigenvalue weighted by molar-refractivity contribution is 0.0631. The van der Waals surface area contributed by atoms with Gasteiger partial charge in [0, 0.05) is 25.1 Å². The van der Waals surface area contributed by atoms with E-state index in [9.17, 15) is 4.79 Å². The van der Waals surface area contributed by atoms with E-state index >= 15 is 0 Å². The van der Waals surface area contributed by atoms with Crippen LogP contribution < -0.4 is 9.47 Å². The molecule has 1 aliphatic rings. The summed E-state index contributed by atoms with van der Waals surface area (Å²) >= 11 is 0. The van der Waals surface area contributed by atoms with Gasteiger partial charge in [-0.1, -0.05) is 6.07 Å². The number of ether oxygens (including phenoxy) is 2. The molecule has 0 saturated carbocycles. The zero-order valence-corrected chi connectivity index (χ0v) is 14.2. The van der Waals surface area contributed by atoms with Gasteiger partial charge < -0.3 is 18.8 Å². The first-order chi connectivity index (χ1) is 11.7. The number of nitrogens with zero attached hydrogens (tertiary/aromatic N) is 1. The number of carbonyl (C=O) groups excluding carboxylic acids is 1. The highest BCUT2D eigenvalue weighted by Gasteiger charge is 2.26. The second kappa shape index (κ2) is 7.43. The van der Waals surface area contributed by atoms with Crippen LogP contribution in [0.3, 0.4) is 0 Å². The second-order valence-electron chi connectivity index (χ2n) is 6.14. The summed E-state index contributed by atoms with van der Waals surface area (Å²) in [5.41, 5.74) is 0.657. The van der Waals surface area contributed by atoms with Gasteiger partial charge in [0.1, 0.15) is 17.3 Å². The van der Waals surface area contributed by atoms with Crippen LogP contribution in [0.1, 0.15) is 29.0 Å². The number of amides is 1. The lowest BCUT2D eigenvalue weighted by Gasteiger charge is -2.32. The maximum Gasteiger partial charge on any atom is 0.257 e. The van der Waals surface area contributed by atoms with Gasteiger partial charge in [-0.3, -0.25) is 4.79 Å². The molecule has 1 aliphatic heterocycles. The topological polar surface area (TPSA) is 51.9 Å². The predicted molar refractivity (Wildman–Crippen MR) is 90.6 cm³/mol. The fourth-order valence-electron chi connectivity index (χ4n) is 3.07. The summed E-state index contributed by atoms with van der Waals surface area (Å²) in [6.07, 6.45) is 3.63. The molecule has 2 heterocycles. The van der Waals surface area contributed by atoms with Crippen LogP contribution in [0.2, 0.25) is 0 Å². The molecule has 2 aromatic rings. The summed E-state index contributed by atoms with van der Waals surface area (Å²) in [6, 6.07) is 9.34. The monoisotopic (exact) mass is 329 g/mol. The van der Waals surface area contributed by atoms with Crippen molar-refractivity contribution in [1.82, 2.24) is 4.90 Å². The van der Waals surface area contributed by atoms with Crippen molar-refractivity contribution in [2.75, 3.05) is 26.8 Å². The third-order valence-electron chi connectivity index (χ3n) is 4.42. The van der Waals surface area contributed by atoms with Crippen LogP contribution in [0.15, 0.2) is 41.0 Å². The Morgan fingerprint density at radius 1 is 1.33 bits per heavy atom. The Morgan fingerprint density at radius 2 is 2.17 bits per heavy atom. The van der Waals surface area contributed by atoms with Crippen LogP contribution in [-0.2, 0) is 0 Å². The zero-order chi connectivity index (χ0) is 16.9. The van der Waals surface area contributed by atoms with E-state index in [4.69, 9.17) is 13.9 Å². The molecule has 1 aromatic carbocycles. The first-order valence-electron chi connectivity index (χ1n) is 8.27. The third-order valence-corrected chi connectivity index (χ3v) is 4.42. The Balaban J connectivity index is 1.57. The molecule has 5 nitrogen and oxygen atoms in total. The highest BCUT2D eigenvalue weighted by molar-refractivity contribution is 5.95. The second-order valence-corrected chi connectivity index (χ2v) is 6.14. The van der Waals surface area contributed by atoms with E-state index < -0.39 is 0 Å². The standard InChI is InChI=1S/C19H23NO4/c1-14-18(8-10-23-14)19(21)20-9-4-5-15(12-20)13-24-17-7-3-6-16(11-17)22-2/h3,6-8,10-11,15H,4-5,9,12-13H2,1-2H3/t15-/m0/s1. The average Bonchev–Trinajstić information content (AvgIpc) is 3.05. The lowest BCUT2D eigenvalue weighted by Crippen LogP contribution is -2.41. The third kappa shape index (κ3) is 3.72. The predicted octanol–water partition coefficient (Wildman–Crippen LogP) is 3.53. The summed E-state index contributed by atoms with van der Waals surface area (Å²) < 4.78 is 16.3. The molecule has 0 radical (unpaired) electrons. The molecule has 1 amide bonds. The van der Waals surface area contributed by atoms with Crippen LogP contribution in [0.4, 0.5) is 0 Å². The van der Waals surface area contributed by atoms with Gasteiger partial charge in [-0.2, -0.15) is 0 Å². The zero-order valence-electron chi connectivity index (χ0n) is 14.2. The summed E-state index contributed by atoms with van der Waals surface area (Å²) in [5, 5.41) is 0. The SMILES string of the molecule is COc1cccc(OC[C@H]2CCCN(C(=O)c3ccoc3C)C2)c1. The molecule has 1 fully saturated rings. The number of hydrogen-bond donors (Lipinski definition) is 0. The average molecular weight is 329 g/mol. The molecule has 0 spiro atoms. The molecular weight excluding hydrogens is 306 g/mol. The Hall–Kier alpha value is -2.43. The van der Waals surface area contributed by atoms with E-state index in [1.54, 1.807) is 19.4 Å². The normalized spacial score (nSPS) is 17.6. The smallest absolute Gasteiger partial charge is 0.257 e. The Morgan fingerprint density at radius 3 is 2.92 bits per heavy atom. The summed E-state index contributed by atoms with van der Waals surface area (Å²) in [4.78, 5) is 14.5. The molecule has 1 aromatic heterocycles. The maximum absolute atomic E-state index is 12.6. The van der Waals surface area contributed by atoms with Crippen molar-refractivity contribution in [3.8, 4) is 11.5 Å².